The molecule has 3 rings (SSSR count). The number of sulfonamides is 1. The third-order valence-corrected chi connectivity index (χ3v) is 6.35. The monoisotopic (exact) mass is 466 g/mol. The van der Waals surface area contributed by atoms with Crippen LogP contribution < -0.4 is 4.72 Å². The number of halogens is 1. The molecule has 1 heterocycles. The molecule has 7 nitrogen and oxygen atoms in total. The van der Waals surface area contributed by atoms with E-state index < -0.39 is 16.0 Å². The third kappa shape index (κ3) is 4.20. The number of nitrogens with one attached hydrogen (secondary N) is 1. The van der Waals surface area contributed by atoms with Gasteiger partial charge in [0.15, 0.2) is 0 Å². The number of hydrogen-bond donors (Lipinski definition) is 1. The van der Waals surface area contributed by atoms with Crippen molar-refractivity contribution in [3.8, 4) is 0 Å². The summed E-state index contributed by atoms with van der Waals surface area (Å²) in [7, 11) is -2.96. The molecule has 1 aliphatic rings. The van der Waals surface area contributed by atoms with E-state index in [4.69, 9.17) is 4.74 Å². The Bertz CT molecular complexity index is 1020. The number of likely N-dealkylation sites (tertiary alicyclic amines) is 1. The van der Waals surface area contributed by atoms with Crippen LogP contribution in [-0.2, 0) is 14.8 Å². The summed E-state index contributed by atoms with van der Waals surface area (Å²) in [4.78, 5) is 26.3. The molecule has 148 valence electrons. The van der Waals surface area contributed by atoms with E-state index in [-0.39, 0.29) is 27.6 Å². The van der Waals surface area contributed by atoms with Crippen molar-refractivity contribution in [2.75, 3.05) is 24.9 Å². The Balaban J connectivity index is 1.98. The number of nitrogens with zero attached hydrogens (tertiary/aromatic N) is 1. The lowest BCUT2D eigenvalue weighted by Gasteiger charge is -2.18. The predicted octanol–water partition coefficient (Wildman–Crippen LogP) is 3.27. The number of carbonyl (C=O) groups is 2. The Morgan fingerprint density at radius 2 is 1.75 bits per heavy atom. The lowest BCUT2D eigenvalue weighted by molar-refractivity contribution is 0.0596. The number of methoxy groups -OCH3 is 1. The zero-order valence-electron chi connectivity index (χ0n) is 15.1. The van der Waals surface area contributed by atoms with Gasteiger partial charge < -0.3 is 9.64 Å². The molecular weight excluding hydrogens is 448 g/mol. The van der Waals surface area contributed by atoms with Crippen LogP contribution in [-0.4, -0.2) is 45.4 Å². The van der Waals surface area contributed by atoms with Gasteiger partial charge in [-0.15, -0.1) is 0 Å². The molecule has 1 aliphatic heterocycles. The van der Waals surface area contributed by atoms with Gasteiger partial charge >= 0.3 is 5.97 Å². The molecule has 0 spiro atoms. The Kier molecular flexibility index (Phi) is 6.04. The lowest BCUT2D eigenvalue weighted by atomic mass is 10.1. The molecule has 2 aromatic rings. The van der Waals surface area contributed by atoms with E-state index in [9.17, 15) is 18.0 Å². The van der Waals surface area contributed by atoms with Crippen molar-refractivity contribution in [1.29, 1.82) is 0 Å². The first-order valence-electron chi connectivity index (χ1n) is 8.62. The number of anilines is 1. The largest absolute Gasteiger partial charge is 0.465 e. The number of hydrogen-bond acceptors (Lipinski definition) is 5. The van der Waals surface area contributed by atoms with Gasteiger partial charge in [-0.05, 0) is 43.2 Å². The first-order chi connectivity index (χ1) is 13.3. The Morgan fingerprint density at radius 3 is 2.43 bits per heavy atom. The van der Waals surface area contributed by atoms with E-state index in [2.05, 4.69) is 20.7 Å². The maximum atomic E-state index is 13.0. The van der Waals surface area contributed by atoms with Crippen molar-refractivity contribution in [2.45, 2.75) is 17.7 Å². The van der Waals surface area contributed by atoms with Gasteiger partial charge in [0, 0.05) is 17.6 Å². The van der Waals surface area contributed by atoms with Gasteiger partial charge in [0.25, 0.3) is 15.9 Å². The fourth-order valence-corrected chi connectivity index (χ4v) is 4.67. The van der Waals surface area contributed by atoms with Crippen LogP contribution in [0.5, 0.6) is 0 Å². The fraction of sp³-hybridized carbons (Fsp3) is 0.263. The average molecular weight is 467 g/mol. The van der Waals surface area contributed by atoms with Crippen molar-refractivity contribution in [1.82, 2.24) is 4.90 Å². The second-order valence-electron chi connectivity index (χ2n) is 6.28. The van der Waals surface area contributed by atoms with Crippen LogP contribution in [0.15, 0.2) is 51.8 Å². The summed E-state index contributed by atoms with van der Waals surface area (Å²) in [6.07, 6.45) is 1.86. The van der Waals surface area contributed by atoms with Crippen molar-refractivity contribution in [3.05, 3.63) is 58.1 Å². The van der Waals surface area contributed by atoms with Gasteiger partial charge in [-0.1, -0.05) is 28.1 Å². The lowest BCUT2D eigenvalue weighted by Crippen LogP contribution is -2.29. The second kappa shape index (κ2) is 8.32. The molecule has 0 unspecified atom stereocenters. The average Bonchev–Trinajstić information content (AvgIpc) is 3.21. The second-order valence-corrected chi connectivity index (χ2v) is 8.85. The Hall–Kier alpha value is -2.39. The van der Waals surface area contributed by atoms with Crippen molar-refractivity contribution in [3.63, 3.8) is 0 Å². The highest BCUT2D eigenvalue weighted by atomic mass is 79.9. The standard InChI is InChI=1S/C19H19BrN2O5S/c1-27-19(24)15-12-13(20)8-9-17(15)28(25,26)21-16-7-3-2-6-14(16)18(23)22-10-4-5-11-22/h2-3,6-9,12,21H,4-5,10-11H2,1H3. The van der Waals surface area contributed by atoms with Crippen molar-refractivity contribution in [2.24, 2.45) is 0 Å². The minimum Gasteiger partial charge on any atom is -0.465 e. The highest BCUT2D eigenvalue weighted by Crippen LogP contribution is 2.26. The maximum Gasteiger partial charge on any atom is 0.339 e. The summed E-state index contributed by atoms with van der Waals surface area (Å²) < 4.78 is 33.7. The number of ether oxygens (including phenoxy) is 1. The van der Waals surface area contributed by atoms with Crippen LogP contribution >= 0.6 is 15.9 Å². The highest BCUT2D eigenvalue weighted by molar-refractivity contribution is 9.10. The number of benzene rings is 2. The first-order valence-corrected chi connectivity index (χ1v) is 10.9. The highest BCUT2D eigenvalue weighted by Gasteiger charge is 2.27. The summed E-state index contributed by atoms with van der Waals surface area (Å²) in [5.41, 5.74) is 0.329. The first kappa shape index (κ1) is 20.3. The molecule has 0 radical (unpaired) electrons. The van der Waals surface area contributed by atoms with E-state index in [1.54, 1.807) is 23.1 Å². The minimum absolute atomic E-state index is 0.104. The van der Waals surface area contributed by atoms with Gasteiger partial charge in [0.05, 0.1) is 23.9 Å². The van der Waals surface area contributed by atoms with Crippen molar-refractivity contribution < 1.29 is 22.7 Å². The van der Waals surface area contributed by atoms with E-state index in [1.807, 2.05) is 0 Å². The number of esters is 1. The molecular formula is C19H19BrN2O5S. The molecule has 0 aliphatic carbocycles. The summed E-state index contributed by atoms with van der Waals surface area (Å²) in [6.45, 7) is 1.30. The summed E-state index contributed by atoms with van der Waals surface area (Å²) in [5.74, 6) is -0.997. The number of rotatable bonds is 5. The normalized spacial score (nSPS) is 14.0. The fourth-order valence-electron chi connectivity index (χ4n) is 3.05. The third-order valence-electron chi connectivity index (χ3n) is 4.43. The maximum absolute atomic E-state index is 13.0. The van der Waals surface area contributed by atoms with Gasteiger partial charge in [0.2, 0.25) is 0 Å². The Morgan fingerprint density at radius 1 is 1.07 bits per heavy atom. The molecule has 28 heavy (non-hydrogen) atoms. The smallest absolute Gasteiger partial charge is 0.339 e. The summed E-state index contributed by atoms with van der Waals surface area (Å²) >= 11 is 3.22. The van der Waals surface area contributed by atoms with E-state index in [1.165, 1.54) is 31.4 Å². The topological polar surface area (TPSA) is 92.8 Å². The van der Waals surface area contributed by atoms with Gasteiger partial charge in [-0.25, -0.2) is 13.2 Å². The van der Waals surface area contributed by atoms with Crippen LogP contribution in [0.2, 0.25) is 0 Å². The van der Waals surface area contributed by atoms with Gasteiger partial charge in [-0.3, -0.25) is 9.52 Å². The van der Waals surface area contributed by atoms with Gasteiger partial charge in [0.1, 0.15) is 4.90 Å². The summed E-state index contributed by atoms with van der Waals surface area (Å²) in [6, 6.07) is 10.6. The zero-order chi connectivity index (χ0) is 20.3. The van der Waals surface area contributed by atoms with Crippen LogP contribution in [0.3, 0.4) is 0 Å². The zero-order valence-corrected chi connectivity index (χ0v) is 17.5. The molecule has 2 aromatic carbocycles. The summed E-state index contributed by atoms with van der Waals surface area (Å²) in [5, 5.41) is 0. The van der Waals surface area contributed by atoms with Crippen LogP contribution in [0.25, 0.3) is 0 Å². The molecule has 0 aromatic heterocycles. The van der Waals surface area contributed by atoms with Crippen LogP contribution in [0.1, 0.15) is 33.6 Å². The molecule has 0 saturated carbocycles. The van der Waals surface area contributed by atoms with Crippen LogP contribution in [0, 0.1) is 0 Å². The number of carbonyl (C=O) groups excluding carboxylic acids is 2. The molecule has 0 bridgehead atoms. The number of para-hydroxylation sites is 1. The van der Waals surface area contributed by atoms with Crippen molar-refractivity contribution >= 4 is 43.5 Å². The Labute approximate surface area is 171 Å². The molecule has 0 atom stereocenters. The number of amides is 1. The molecule has 1 amide bonds. The predicted molar refractivity (Wildman–Crippen MR) is 108 cm³/mol. The van der Waals surface area contributed by atoms with Gasteiger partial charge in [-0.2, -0.15) is 0 Å². The van der Waals surface area contributed by atoms with E-state index in [0.29, 0.717) is 17.6 Å². The van der Waals surface area contributed by atoms with E-state index in [0.717, 1.165) is 12.8 Å². The quantitative estimate of drug-likeness (QED) is 0.682. The molecule has 9 heteroatoms. The minimum atomic E-state index is -4.14. The molecule has 1 saturated heterocycles. The molecule has 1 fully saturated rings. The van der Waals surface area contributed by atoms with E-state index >= 15 is 0 Å². The molecule has 1 N–H and O–H groups in total. The SMILES string of the molecule is COC(=O)c1cc(Br)ccc1S(=O)(=O)Nc1ccccc1C(=O)N1CCCC1. The van der Waals surface area contributed by atoms with Crippen LogP contribution in [0.4, 0.5) is 5.69 Å².